The second-order valence-electron chi connectivity index (χ2n) is 8.05. The summed E-state index contributed by atoms with van der Waals surface area (Å²) in [6.45, 7) is 9.69. The molecule has 2 atom stereocenters. The summed E-state index contributed by atoms with van der Waals surface area (Å²) in [5.41, 5.74) is 2.76. The molecule has 0 aliphatic rings. The van der Waals surface area contributed by atoms with Crippen molar-refractivity contribution in [2.24, 2.45) is 0 Å². The normalized spacial score (nSPS) is 12.7. The molecule has 32 heavy (non-hydrogen) atoms. The number of carbonyl (C=O) groups excluding carboxylic acids is 2. The van der Waals surface area contributed by atoms with Crippen molar-refractivity contribution in [2.75, 3.05) is 6.61 Å². The van der Waals surface area contributed by atoms with Gasteiger partial charge in [-0.05, 0) is 74.6 Å². The Hall–Kier alpha value is -2.41. The van der Waals surface area contributed by atoms with Gasteiger partial charge in [-0.1, -0.05) is 41.9 Å². The number of hydrogen-bond donors (Lipinski definition) is 1. The van der Waals surface area contributed by atoms with Crippen LogP contribution >= 0.6 is 15.9 Å². The molecule has 0 bridgehead atoms. The number of rotatable bonds is 10. The van der Waals surface area contributed by atoms with Crippen LogP contribution in [0.3, 0.4) is 0 Å². The van der Waals surface area contributed by atoms with E-state index in [0.29, 0.717) is 12.2 Å². The standard InChI is InChI=1S/C25H32BrFN2O3/c1-6-18(5)28-25(31)22(7-2)29(14-19-8-10-20(27)11-9-19)23(30)15-32-21-12-16(3)24(26)17(4)13-21/h8-13,18,22H,6-7,14-15H2,1-5H3,(H,28,31)/t18-,22+/m1/s1. The predicted molar refractivity (Wildman–Crippen MR) is 128 cm³/mol. The topological polar surface area (TPSA) is 58.6 Å². The Labute approximate surface area is 198 Å². The summed E-state index contributed by atoms with van der Waals surface area (Å²) in [5, 5.41) is 2.97. The molecule has 0 spiro atoms. The molecule has 2 rings (SSSR count). The third-order valence-corrected chi connectivity index (χ3v) is 6.68. The summed E-state index contributed by atoms with van der Waals surface area (Å²) in [5.74, 6) is -0.265. The molecule has 7 heteroatoms. The molecule has 174 valence electrons. The van der Waals surface area contributed by atoms with E-state index >= 15 is 0 Å². The molecule has 0 aliphatic heterocycles. The van der Waals surface area contributed by atoms with Gasteiger partial charge in [0.25, 0.3) is 5.91 Å². The van der Waals surface area contributed by atoms with Gasteiger partial charge in [0, 0.05) is 17.1 Å². The Balaban J connectivity index is 2.24. The van der Waals surface area contributed by atoms with Gasteiger partial charge in [-0.15, -0.1) is 0 Å². The molecule has 2 aromatic carbocycles. The Morgan fingerprint density at radius 2 is 1.69 bits per heavy atom. The third kappa shape index (κ3) is 7.05. The van der Waals surface area contributed by atoms with Crippen LogP contribution in [0, 0.1) is 19.7 Å². The molecular weight excluding hydrogens is 475 g/mol. The van der Waals surface area contributed by atoms with E-state index in [1.54, 1.807) is 12.1 Å². The van der Waals surface area contributed by atoms with Crippen molar-refractivity contribution in [2.45, 2.75) is 66.1 Å². The van der Waals surface area contributed by atoms with Gasteiger partial charge in [0.15, 0.2) is 6.61 Å². The molecule has 0 saturated carbocycles. The van der Waals surface area contributed by atoms with Crippen LogP contribution in [-0.2, 0) is 16.1 Å². The van der Waals surface area contributed by atoms with Gasteiger partial charge in [0.05, 0.1) is 0 Å². The second-order valence-corrected chi connectivity index (χ2v) is 8.84. The number of nitrogens with one attached hydrogen (secondary N) is 1. The predicted octanol–water partition coefficient (Wildman–Crippen LogP) is 5.31. The largest absolute Gasteiger partial charge is 0.484 e. The van der Waals surface area contributed by atoms with Gasteiger partial charge in [0.2, 0.25) is 5.91 Å². The Morgan fingerprint density at radius 3 is 2.22 bits per heavy atom. The van der Waals surface area contributed by atoms with Crippen LogP contribution in [-0.4, -0.2) is 35.4 Å². The molecule has 1 N–H and O–H groups in total. The fourth-order valence-electron chi connectivity index (χ4n) is 3.36. The first-order valence-electron chi connectivity index (χ1n) is 10.9. The number of carbonyl (C=O) groups is 2. The zero-order valence-corrected chi connectivity index (χ0v) is 21.0. The number of aryl methyl sites for hydroxylation is 2. The molecule has 0 heterocycles. The monoisotopic (exact) mass is 506 g/mol. The number of hydrogen-bond acceptors (Lipinski definition) is 3. The van der Waals surface area contributed by atoms with Gasteiger partial charge in [-0.2, -0.15) is 0 Å². The van der Waals surface area contributed by atoms with Crippen LogP contribution < -0.4 is 10.1 Å². The second kappa shape index (κ2) is 12.0. The van der Waals surface area contributed by atoms with Gasteiger partial charge < -0.3 is 15.0 Å². The first-order valence-corrected chi connectivity index (χ1v) is 11.7. The highest BCUT2D eigenvalue weighted by Gasteiger charge is 2.29. The fourth-order valence-corrected chi connectivity index (χ4v) is 3.59. The number of ether oxygens (including phenoxy) is 1. The van der Waals surface area contributed by atoms with E-state index in [4.69, 9.17) is 4.74 Å². The van der Waals surface area contributed by atoms with Crippen LogP contribution in [0.2, 0.25) is 0 Å². The highest BCUT2D eigenvalue weighted by molar-refractivity contribution is 9.10. The summed E-state index contributed by atoms with van der Waals surface area (Å²) in [7, 11) is 0. The van der Waals surface area contributed by atoms with Crippen molar-refractivity contribution in [3.05, 3.63) is 63.4 Å². The van der Waals surface area contributed by atoms with Crippen molar-refractivity contribution in [3.8, 4) is 5.75 Å². The van der Waals surface area contributed by atoms with Crippen molar-refractivity contribution in [3.63, 3.8) is 0 Å². The lowest BCUT2D eigenvalue weighted by atomic mass is 10.1. The molecule has 0 unspecified atom stereocenters. The molecule has 0 saturated heterocycles. The van der Waals surface area contributed by atoms with E-state index in [0.717, 1.165) is 27.6 Å². The Kier molecular flexibility index (Phi) is 9.69. The maximum atomic E-state index is 13.4. The molecule has 0 aromatic heterocycles. The minimum absolute atomic E-state index is 0.00397. The molecular formula is C25H32BrFN2O3. The number of halogens is 2. The van der Waals surface area contributed by atoms with Crippen molar-refractivity contribution >= 4 is 27.7 Å². The number of nitrogens with zero attached hydrogens (tertiary/aromatic N) is 1. The van der Waals surface area contributed by atoms with Gasteiger partial charge in [0.1, 0.15) is 17.6 Å². The van der Waals surface area contributed by atoms with E-state index in [2.05, 4.69) is 21.2 Å². The van der Waals surface area contributed by atoms with E-state index in [-0.39, 0.29) is 36.8 Å². The average molecular weight is 507 g/mol. The van der Waals surface area contributed by atoms with Gasteiger partial charge >= 0.3 is 0 Å². The zero-order valence-electron chi connectivity index (χ0n) is 19.4. The fraction of sp³-hybridized carbons (Fsp3) is 0.440. The SMILES string of the molecule is CC[C@@H](C)NC(=O)[C@H](CC)N(Cc1ccc(F)cc1)C(=O)COc1cc(C)c(Br)c(C)c1. The average Bonchev–Trinajstić information content (AvgIpc) is 2.76. The smallest absolute Gasteiger partial charge is 0.261 e. The van der Waals surface area contributed by atoms with Crippen molar-refractivity contribution in [1.29, 1.82) is 0 Å². The summed E-state index contributed by atoms with van der Waals surface area (Å²) >= 11 is 3.53. The lowest BCUT2D eigenvalue weighted by Crippen LogP contribution is -2.51. The quantitative estimate of drug-likeness (QED) is 0.475. The zero-order chi connectivity index (χ0) is 23.8. The van der Waals surface area contributed by atoms with Gasteiger partial charge in [-0.3, -0.25) is 9.59 Å². The van der Waals surface area contributed by atoms with E-state index in [1.807, 2.05) is 46.8 Å². The minimum Gasteiger partial charge on any atom is -0.484 e. The minimum atomic E-state index is -0.654. The molecule has 0 radical (unpaired) electrons. The lowest BCUT2D eigenvalue weighted by Gasteiger charge is -2.31. The van der Waals surface area contributed by atoms with E-state index in [1.165, 1.54) is 17.0 Å². The lowest BCUT2D eigenvalue weighted by molar-refractivity contribution is -0.143. The maximum Gasteiger partial charge on any atom is 0.261 e. The number of amides is 2. The summed E-state index contributed by atoms with van der Waals surface area (Å²) in [6, 6.07) is 9.02. The van der Waals surface area contributed by atoms with Crippen LogP contribution in [0.4, 0.5) is 4.39 Å². The molecule has 2 aromatic rings. The highest BCUT2D eigenvalue weighted by atomic mass is 79.9. The molecule has 0 fully saturated rings. The van der Waals surface area contributed by atoms with Crippen LogP contribution in [0.1, 0.15) is 50.3 Å². The maximum absolute atomic E-state index is 13.4. The van der Waals surface area contributed by atoms with Crippen LogP contribution in [0.5, 0.6) is 5.75 Å². The van der Waals surface area contributed by atoms with Crippen LogP contribution in [0.25, 0.3) is 0 Å². The molecule has 0 aliphatic carbocycles. The summed E-state index contributed by atoms with van der Waals surface area (Å²) in [6.07, 6.45) is 1.24. The first-order chi connectivity index (χ1) is 15.2. The van der Waals surface area contributed by atoms with E-state index in [9.17, 15) is 14.0 Å². The first kappa shape index (κ1) is 25.8. The summed E-state index contributed by atoms with van der Waals surface area (Å²) in [4.78, 5) is 27.7. The molecule has 2 amide bonds. The van der Waals surface area contributed by atoms with Crippen molar-refractivity contribution in [1.82, 2.24) is 10.2 Å². The Morgan fingerprint density at radius 1 is 1.09 bits per heavy atom. The van der Waals surface area contributed by atoms with Gasteiger partial charge in [-0.25, -0.2) is 4.39 Å². The van der Waals surface area contributed by atoms with E-state index < -0.39 is 6.04 Å². The Bertz CT molecular complexity index is 910. The van der Waals surface area contributed by atoms with Crippen molar-refractivity contribution < 1.29 is 18.7 Å². The number of benzene rings is 2. The van der Waals surface area contributed by atoms with Crippen LogP contribution in [0.15, 0.2) is 40.9 Å². The third-order valence-electron chi connectivity index (χ3n) is 5.43. The molecule has 5 nitrogen and oxygen atoms in total. The highest BCUT2D eigenvalue weighted by Crippen LogP contribution is 2.26. The summed E-state index contributed by atoms with van der Waals surface area (Å²) < 4.78 is 20.1.